The van der Waals surface area contributed by atoms with E-state index in [9.17, 15) is 18.0 Å². The van der Waals surface area contributed by atoms with Gasteiger partial charge in [-0.05, 0) is 82.2 Å². The first-order valence-corrected chi connectivity index (χ1v) is 10.8. The molecule has 0 aromatic heterocycles. The normalized spacial score (nSPS) is 11.6. The van der Waals surface area contributed by atoms with Crippen LogP contribution in [0, 0.1) is 3.57 Å². The SMILES string of the molecule is O=C(N/N=C\c1ccc(OCc2ccc(Cl)c(Cl)c2)c(I)c1)c1cccc(C(F)(F)F)c1. The number of alkyl halides is 3. The van der Waals surface area contributed by atoms with Crippen molar-refractivity contribution in [2.45, 2.75) is 12.8 Å². The molecule has 166 valence electrons. The van der Waals surface area contributed by atoms with Crippen LogP contribution in [0.25, 0.3) is 0 Å². The second-order valence-corrected chi connectivity index (χ2v) is 8.48. The van der Waals surface area contributed by atoms with Gasteiger partial charge in [-0.15, -0.1) is 0 Å². The molecule has 0 saturated heterocycles. The van der Waals surface area contributed by atoms with E-state index < -0.39 is 17.6 Å². The van der Waals surface area contributed by atoms with Gasteiger partial charge in [-0.2, -0.15) is 18.3 Å². The molecule has 1 amide bonds. The van der Waals surface area contributed by atoms with Crippen molar-refractivity contribution in [1.82, 2.24) is 5.43 Å². The molecule has 0 bridgehead atoms. The topological polar surface area (TPSA) is 50.7 Å². The van der Waals surface area contributed by atoms with Gasteiger partial charge in [-0.3, -0.25) is 4.79 Å². The second kappa shape index (κ2) is 10.5. The molecule has 10 heteroatoms. The van der Waals surface area contributed by atoms with E-state index in [1.165, 1.54) is 18.3 Å². The third-order valence-electron chi connectivity index (χ3n) is 4.17. The van der Waals surface area contributed by atoms with Gasteiger partial charge in [-0.1, -0.05) is 35.3 Å². The second-order valence-electron chi connectivity index (χ2n) is 6.50. The van der Waals surface area contributed by atoms with Gasteiger partial charge in [0.05, 0.1) is 25.4 Å². The third kappa shape index (κ3) is 6.60. The predicted molar refractivity (Wildman–Crippen MR) is 126 cm³/mol. The van der Waals surface area contributed by atoms with Crippen LogP contribution >= 0.6 is 45.8 Å². The lowest BCUT2D eigenvalue weighted by Gasteiger charge is -2.09. The monoisotopic (exact) mass is 592 g/mol. The third-order valence-corrected chi connectivity index (χ3v) is 5.75. The van der Waals surface area contributed by atoms with Gasteiger partial charge in [0.25, 0.3) is 5.91 Å². The molecule has 0 radical (unpaired) electrons. The number of rotatable bonds is 6. The van der Waals surface area contributed by atoms with Crippen molar-refractivity contribution in [3.8, 4) is 5.75 Å². The van der Waals surface area contributed by atoms with Crippen molar-refractivity contribution in [3.63, 3.8) is 0 Å². The number of benzene rings is 3. The van der Waals surface area contributed by atoms with Crippen LogP contribution in [-0.2, 0) is 12.8 Å². The Morgan fingerprint density at radius 1 is 1.06 bits per heavy atom. The number of halogens is 6. The van der Waals surface area contributed by atoms with E-state index in [0.29, 0.717) is 28.0 Å². The van der Waals surface area contributed by atoms with Crippen LogP contribution in [0.1, 0.15) is 27.0 Å². The Hall–Kier alpha value is -2.30. The summed E-state index contributed by atoms with van der Waals surface area (Å²) in [5, 5.41) is 4.73. The largest absolute Gasteiger partial charge is 0.488 e. The van der Waals surface area contributed by atoms with Crippen molar-refractivity contribution in [2.75, 3.05) is 0 Å². The Morgan fingerprint density at radius 3 is 2.53 bits per heavy atom. The van der Waals surface area contributed by atoms with Crippen LogP contribution in [0.3, 0.4) is 0 Å². The summed E-state index contributed by atoms with van der Waals surface area (Å²) in [7, 11) is 0. The van der Waals surface area contributed by atoms with Crippen LogP contribution in [-0.4, -0.2) is 12.1 Å². The molecule has 0 aliphatic carbocycles. The maximum atomic E-state index is 12.8. The molecule has 0 unspecified atom stereocenters. The summed E-state index contributed by atoms with van der Waals surface area (Å²) in [4.78, 5) is 12.1. The summed E-state index contributed by atoms with van der Waals surface area (Å²) < 4.78 is 44.9. The summed E-state index contributed by atoms with van der Waals surface area (Å²) in [5.74, 6) is -0.106. The maximum absolute atomic E-state index is 12.8. The maximum Gasteiger partial charge on any atom is 0.416 e. The van der Waals surface area contributed by atoms with Gasteiger partial charge in [0.2, 0.25) is 0 Å². The summed E-state index contributed by atoms with van der Waals surface area (Å²) in [6.45, 7) is 0.299. The Labute approximate surface area is 205 Å². The zero-order chi connectivity index (χ0) is 23.3. The molecule has 0 aliphatic heterocycles. The molecule has 0 aliphatic rings. The summed E-state index contributed by atoms with van der Waals surface area (Å²) >= 11 is 14.0. The van der Waals surface area contributed by atoms with Gasteiger partial charge in [0.1, 0.15) is 12.4 Å². The minimum atomic E-state index is -4.53. The highest BCUT2D eigenvalue weighted by atomic mass is 127. The molecule has 0 heterocycles. The highest BCUT2D eigenvalue weighted by Gasteiger charge is 2.30. The Morgan fingerprint density at radius 2 is 1.84 bits per heavy atom. The van der Waals surface area contributed by atoms with E-state index >= 15 is 0 Å². The lowest BCUT2D eigenvalue weighted by atomic mass is 10.1. The van der Waals surface area contributed by atoms with Crippen LogP contribution in [0.15, 0.2) is 65.8 Å². The van der Waals surface area contributed by atoms with E-state index in [1.807, 2.05) is 6.07 Å². The molecule has 0 fully saturated rings. The van der Waals surface area contributed by atoms with E-state index in [4.69, 9.17) is 27.9 Å². The lowest BCUT2D eigenvalue weighted by Crippen LogP contribution is -2.18. The Balaban J connectivity index is 1.60. The first-order valence-electron chi connectivity index (χ1n) is 9.00. The first kappa shape index (κ1) is 24.3. The number of ether oxygens (including phenoxy) is 1. The van der Waals surface area contributed by atoms with E-state index in [1.54, 1.807) is 30.3 Å². The molecule has 3 rings (SSSR count). The lowest BCUT2D eigenvalue weighted by molar-refractivity contribution is -0.137. The van der Waals surface area contributed by atoms with Gasteiger partial charge in [0, 0.05) is 5.56 Å². The first-order chi connectivity index (χ1) is 15.1. The average Bonchev–Trinajstić information content (AvgIpc) is 2.75. The molecule has 1 N–H and O–H groups in total. The number of nitrogens with zero attached hydrogens (tertiary/aromatic N) is 1. The van der Waals surface area contributed by atoms with Crippen molar-refractivity contribution >= 4 is 57.9 Å². The average molecular weight is 593 g/mol. The highest BCUT2D eigenvalue weighted by Crippen LogP contribution is 2.29. The quantitative estimate of drug-likeness (QED) is 0.191. The Kier molecular flexibility index (Phi) is 8.02. The molecule has 0 saturated carbocycles. The van der Waals surface area contributed by atoms with Crippen molar-refractivity contribution in [1.29, 1.82) is 0 Å². The Bertz CT molecular complexity index is 1170. The molecule has 32 heavy (non-hydrogen) atoms. The predicted octanol–water partition coefficient (Wildman–Crippen LogP) is 6.96. The number of amides is 1. The zero-order valence-corrected chi connectivity index (χ0v) is 19.8. The van der Waals surface area contributed by atoms with Gasteiger partial charge >= 0.3 is 6.18 Å². The van der Waals surface area contributed by atoms with E-state index in [0.717, 1.165) is 21.3 Å². The van der Waals surface area contributed by atoms with Crippen molar-refractivity contribution in [3.05, 3.63) is 96.5 Å². The number of carbonyl (C=O) groups excluding carboxylic acids is 1. The summed E-state index contributed by atoms with van der Waals surface area (Å²) in [5.41, 5.74) is 2.71. The van der Waals surface area contributed by atoms with Crippen LogP contribution in [0.4, 0.5) is 13.2 Å². The summed E-state index contributed by atoms with van der Waals surface area (Å²) in [6, 6.07) is 14.6. The van der Waals surface area contributed by atoms with Crippen LogP contribution in [0.5, 0.6) is 5.75 Å². The van der Waals surface area contributed by atoms with Gasteiger partial charge < -0.3 is 4.74 Å². The fourth-order valence-corrected chi connectivity index (χ4v) is 3.59. The van der Waals surface area contributed by atoms with Crippen LogP contribution in [0.2, 0.25) is 10.0 Å². The molecule has 4 nitrogen and oxygen atoms in total. The number of carbonyl (C=O) groups is 1. The molecular formula is C22H14Cl2F3IN2O2. The van der Waals surface area contributed by atoms with Crippen molar-refractivity contribution in [2.24, 2.45) is 5.10 Å². The van der Waals surface area contributed by atoms with Crippen LogP contribution < -0.4 is 10.2 Å². The number of hydrogen-bond donors (Lipinski definition) is 1. The molecule has 3 aromatic rings. The number of hydrazone groups is 1. The molecule has 0 spiro atoms. The minimum absolute atomic E-state index is 0.141. The standard InChI is InChI=1S/C22H14Cl2F3IN2O2/c23-17-6-4-14(8-18(17)24)12-32-20-7-5-13(9-19(20)28)11-29-30-21(31)15-2-1-3-16(10-15)22(25,26)27/h1-11H,12H2,(H,30,31)/b29-11-. The van der Waals surface area contributed by atoms with Crippen molar-refractivity contribution < 1.29 is 22.7 Å². The minimum Gasteiger partial charge on any atom is -0.488 e. The fraction of sp³-hybridized carbons (Fsp3) is 0.0909. The fourth-order valence-electron chi connectivity index (χ4n) is 2.57. The van der Waals surface area contributed by atoms with Gasteiger partial charge in [-0.25, -0.2) is 5.43 Å². The summed E-state index contributed by atoms with van der Waals surface area (Å²) in [6.07, 6.45) is -3.14. The highest BCUT2D eigenvalue weighted by molar-refractivity contribution is 14.1. The molecule has 3 aromatic carbocycles. The molecule has 0 atom stereocenters. The number of hydrogen-bond acceptors (Lipinski definition) is 3. The smallest absolute Gasteiger partial charge is 0.416 e. The van der Waals surface area contributed by atoms with Gasteiger partial charge in [0.15, 0.2) is 0 Å². The van der Waals surface area contributed by atoms with E-state index in [-0.39, 0.29) is 5.56 Å². The zero-order valence-electron chi connectivity index (χ0n) is 16.1. The van der Waals surface area contributed by atoms with E-state index in [2.05, 4.69) is 33.1 Å². The molecular weight excluding hydrogens is 579 g/mol. The number of nitrogens with one attached hydrogen (secondary N) is 1.